The first-order valence-corrected chi connectivity index (χ1v) is 6.70. The topological polar surface area (TPSA) is 58.6 Å². The van der Waals surface area contributed by atoms with Crippen LogP contribution in [0.4, 0.5) is 0 Å². The summed E-state index contributed by atoms with van der Waals surface area (Å²) in [4.78, 5) is 11.9. The normalized spacial score (nSPS) is 18.0. The molecule has 0 aliphatic carbocycles. The van der Waals surface area contributed by atoms with E-state index in [9.17, 15) is 9.90 Å². The molecule has 2 N–H and O–H groups in total. The molecule has 1 amide bonds. The molecule has 4 nitrogen and oxygen atoms in total. The SMILES string of the molecule is Cc1cccc(CC(=O)NCC2(O)CCOCC2)c1. The molecule has 2 rings (SSSR count). The van der Waals surface area contributed by atoms with Crippen LogP contribution in [-0.4, -0.2) is 36.4 Å². The lowest BCUT2D eigenvalue weighted by atomic mass is 9.94. The fourth-order valence-corrected chi connectivity index (χ4v) is 2.26. The van der Waals surface area contributed by atoms with Crippen molar-refractivity contribution in [3.8, 4) is 0 Å². The Balaban J connectivity index is 1.81. The molecule has 1 aliphatic rings. The molecule has 0 unspecified atom stereocenters. The lowest BCUT2D eigenvalue weighted by Crippen LogP contribution is -2.46. The van der Waals surface area contributed by atoms with Gasteiger partial charge in [-0.25, -0.2) is 0 Å². The molecule has 0 bridgehead atoms. The molecule has 1 aromatic rings. The Morgan fingerprint density at radius 3 is 2.84 bits per heavy atom. The Morgan fingerprint density at radius 2 is 2.16 bits per heavy atom. The number of aryl methyl sites for hydroxylation is 1. The number of benzene rings is 1. The molecule has 0 radical (unpaired) electrons. The summed E-state index contributed by atoms with van der Waals surface area (Å²) in [6.07, 6.45) is 1.52. The van der Waals surface area contributed by atoms with Crippen LogP contribution in [0, 0.1) is 6.92 Å². The molecule has 1 aromatic carbocycles. The predicted octanol–water partition coefficient (Wildman–Crippen LogP) is 1.20. The van der Waals surface area contributed by atoms with Crippen LogP contribution in [0.25, 0.3) is 0 Å². The number of hydrogen-bond acceptors (Lipinski definition) is 3. The van der Waals surface area contributed by atoms with Gasteiger partial charge in [-0.2, -0.15) is 0 Å². The van der Waals surface area contributed by atoms with E-state index in [1.807, 2.05) is 31.2 Å². The summed E-state index contributed by atoms with van der Waals surface area (Å²) in [5, 5.41) is 13.1. The number of amides is 1. The molecule has 1 saturated heterocycles. The zero-order valence-corrected chi connectivity index (χ0v) is 11.3. The average Bonchev–Trinajstić information content (AvgIpc) is 2.38. The van der Waals surface area contributed by atoms with E-state index in [4.69, 9.17) is 4.74 Å². The van der Waals surface area contributed by atoms with Crippen LogP contribution in [0.2, 0.25) is 0 Å². The summed E-state index contributed by atoms with van der Waals surface area (Å²) in [6, 6.07) is 7.90. The summed E-state index contributed by atoms with van der Waals surface area (Å²) in [7, 11) is 0. The standard InChI is InChI=1S/C15H21NO3/c1-12-3-2-4-13(9-12)10-14(17)16-11-15(18)5-7-19-8-6-15/h2-4,9,18H,5-8,10-11H2,1H3,(H,16,17). The monoisotopic (exact) mass is 263 g/mol. The van der Waals surface area contributed by atoms with Crippen molar-refractivity contribution in [2.24, 2.45) is 0 Å². The van der Waals surface area contributed by atoms with Crippen LogP contribution in [-0.2, 0) is 16.0 Å². The van der Waals surface area contributed by atoms with Crippen molar-refractivity contribution in [2.75, 3.05) is 19.8 Å². The van der Waals surface area contributed by atoms with Gasteiger partial charge < -0.3 is 15.2 Å². The second kappa shape index (κ2) is 6.17. The third kappa shape index (κ3) is 4.33. The van der Waals surface area contributed by atoms with Crippen LogP contribution >= 0.6 is 0 Å². The molecule has 0 aromatic heterocycles. The molecular weight excluding hydrogens is 242 g/mol. The quantitative estimate of drug-likeness (QED) is 0.858. The van der Waals surface area contributed by atoms with Crippen molar-refractivity contribution >= 4 is 5.91 Å². The van der Waals surface area contributed by atoms with E-state index in [0.717, 1.165) is 11.1 Å². The van der Waals surface area contributed by atoms with Crippen LogP contribution in [0.5, 0.6) is 0 Å². The van der Waals surface area contributed by atoms with E-state index in [1.165, 1.54) is 0 Å². The van der Waals surface area contributed by atoms with Gasteiger partial charge >= 0.3 is 0 Å². The minimum atomic E-state index is -0.805. The summed E-state index contributed by atoms with van der Waals surface area (Å²) >= 11 is 0. The number of hydrogen-bond donors (Lipinski definition) is 2. The molecule has 0 atom stereocenters. The average molecular weight is 263 g/mol. The maximum absolute atomic E-state index is 11.9. The molecular formula is C15H21NO3. The zero-order chi connectivity index (χ0) is 13.7. The summed E-state index contributed by atoms with van der Waals surface area (Å²) in [5.74, 6) is -0.0504. The largest absolute Gasteiger partial charge is 0.388 e. The highest BCUT2D eigenvalue weighted by Crippen LogP contribution is 2.19. The minimum absolute atomic E-state index is 0.0504. The lowest BCUT2D eigenvalue weighted by molar-refractivity contribution is -0.123. The molecule has 4 heteroatoms. The van der Waals surface area contributed by atoms with Crippen molar-refractivity contribution < 1.29 is 14.6 Å². The molecule has 1 fully saturated rings. The zero-order valence-electron chi connectivity index (χ0n) is 11.3. The minimum Gasteiger partial charge on any atom is -0.388 e. The Morgan fingerprint density at radius 1 is 1.42 bits per heavy atom. The smallest absolute Gasteiger partial charge is 0.224 e. The summed E-state index contributed by atoms with van der Waals surface area (Å²) in [5.41, 5.74) is 1.34. The second-order valence-corrected chi connectivity index (χ2v) is 5.28. The molecule has 104 valence electrons. The van der Waals surface area contributed by atoms with Crippen molar-refractivity contribution in [1.29, 1.82) is 0 Å². The van der Waals surface area contributed by atoms with Crippen molar-refractivity contribution in [1.82, 2.24) is 5.32 Å². The van der Waals surface area contributed by atoms with Crippen LogP contribution in [0.1, 0.15) is 24.0 Å². The number of aliphatic hydroxyl groups is 1. The fraction of sp³-hybridized carbons (Fsp3) is 0.533. The van der Waals surface area contributed by atoms with Crippen molar-refractivity contribution in [2.45, 2.75) is 31.8 Å². The molecule has 1 aliphatic heterocycles. The first kappa shape index (κ1) is 14.0. The highest BCUT2D eigenvalue weighted by Gasteiger charge is 2.29. The van der Waals surface area contributed by atoms with Crippen molar-refractivity contribution in [3.05, 3.63) is 35.4 Å². The number of carbonyl (C=O) groups is 1. The van der Waals surface area contributed by atoms with Gasteiger partial charge in [0.2, 0.25) is 5.91 Å². The van der Waals surface area contributed by atoms with Crippen molar-refractivity contribution in [3.63, 3.8) is 0 Å². The molecule has 0 spiro atoms. The third-order valence-electron chi connectivity index (χ3n) is 3.49. The third-order valence-corrected chi connectivity index (χ3v) is 3.49. The van der Waals surface area contributed by atoms with Gasteiger partial charge in [-0.3, -0.25) is 4.79 Å². The van der Waals surface area contributed by atoms with Crippen LogP contribution in [0.15, 0.2) is 24.3 Å². The van der Waals surface area contributed by atoms with Gasteiger partial charge in [0.05, 0.1) is 12.0 Å². The second-order valence-electron chi connectivity index (χ2n) is 5.28. The number of nitrogens with one attached hydrogen (secondary N) is 1. The van der Waals surface area contributed by atoms with E-state index in [1.54, 1.807) is 0 Å². The predicted molar refractivity (Wildman–Crippen MR) is 72.9 cm³/mol. The highest BCUT2D eigenvalue weighted by atomic mass is 16.5. The first-order valence-electron chi connectivity index (χ1n) is 6.70. The molecule has 0 saturated carbocycles. The van der Waals surface area contributed by atoms with Gasteiger partial charge in [-0.1, -0.05) is 29.8 Å². The Kier molecular flexibility index (Phi) is 4.56. The van der Waals surface area contributed by atoms with Gasteiger partial charge in [0.25, 0.3) is 0 Å². The van der Waals surface area contributed by atoms with E-state index in [0.29, 0.717) is 39.0 Å². The van der Waals surface area contributed by atoms with E-state index >= 15 is 0 Å². The highest BCUT2D eigenvalue weighted by molar-refractivity contribution is 5.78. The van der Waals surface area contributed by atoms with Gasteiger partial charge in [-0.15, -0.1) is 0 Å². The maximum atomic E-state index is 11.9. The summed E-state index contributed by atoms with van der Waals surface area (Å²) in [6.45, 7) is 3.43. The Bertz CT molecular complexity index is 439. The summed E-state index contributed by atoms with van der Waals surface area (Å²) < 4.78 is 5.21. The van der Waals surface area contributed by atoms with Gasteiger partial charge in [0.15, 0.2) is 0 Å². The van der Waals surface area contributed by atoms with Gasteiger partial charge in [0, 0.05) is 32.6 Å². The lowest BCUT2D eigenvalue weighted by Gasteiger charge is -2.32. The van der Waals surface area contributed by atoms with Gasteiger partial charge in [0.1, 0.15) is 0 Å². The van der Waals surface area contributed by atoms with E-state index in [-0.39, 0.29) is 5.91 Å². The fourth-order valence-electron chi connectivity index (χ4n) is 2.26. The van der Waals surface area contributed by atoms with Gasteiger partial charge in [-0.05, 0) is 12.5 Å². The maximum Gasteiger partial charge on any atom is 0.224 e. The van der Waals surface area contributed by atoms with Crippen LogP contribution in [0.3, 0.4) is 0 Å². The number of ether oxygens (including phenoxy) is 1. The molecule has 1 heterocycles. The number of carbonyl (C=O) groups excluding carboxylic acids is 1. The number of rotatable bonds is 4. The first-order chi connectivity index (χ1) is 9.07. The van der Waals surface area contributed by atoms with Crippen LogP contribution < -0.4 is 5.32 Å². The molecule has 19 heavy (non-hydrogen) atoms. The Labute approximate surface area is 113 Å². The Hall–Kier alpha value is -1.39. The van der Waals surface area contributed by atoms with E-state index in [2.05, 4.69) is 5.32 Å². The van der Waals surface area contributed by atoms with E-state index < -0.39 is 5.60 Å².